The number of hydrogen-bond donors (Lipinski definition) is 2. The third-order valence-electron chi connectivity index (χ3n) is 4.58. The van der Waals surface area contributed by atoms with Crippen LogP contribution in [0.15, 0.2) is 18.2 Å². The zero-order valence-electron chi connectivity index (χ0n) is 12.4. The summed E-state index contributed by atoms with van der Waals surface area (Å²) in [5, 5.41) is 11.8. The molecule has 2 aliphatic carbocycles. The number of fused-ring (bicyclic) bond motifs is 1. The standard InChI is InChI=1S/C18H21NO2/c1-12-5-6-17(11-13(12)4-2-3-7-20)19-18(21)16-9-14-8-15(14)10-16/h5-6,11,14-16,20H,3,7-10H2,1H3,(H,19,21). The summed E-state index contributed by atoms with van der Waals surface area (Å²) in [6, 6.07) is 5.83. The number of anilines is 1. The van der Waals surface area contributed by atoms with Gasteiger partial charge in [0, 0.05) is 23.6 Å². The molecule has 0 radical (unpaired) electrons. The van der Waals surface area contributed by atoms with Gasteiger partial charge in [-0.2, -0.15) is 0 Å². The van der Waals surface area contributed by atoms with Crippen LogP contribution in [0.2, 0.25) is 0 Å². The van der Waals surface area contributed by atoms with Crippen molar-refractivity contribution in [1.29, 1.82) is 0 Å². The quantitative estimate of drug-likeness (QED) is 0.838. The van der Waals surface area contributed by atoms with Gasteiger partial charge in [-0.3, -0.25) is 4.79 Å². The average Bonchev–Trinajstić information content (AvgIpc) is 3.08. The zero-order chi connectivity index (χ0) is 14.8. The first-order valence-electron chi connectivity index (χ1n) is 7.68. The lowest BCUT2D eigenvalue weighted by molar-refractivity contribution is -0.120. The van der Waals surface area contributed by atoms with Crippen molar-refractivity contribution in [1.82, 2.24) is 0 Å². The molecule has 0 heterocycles. The summed E-state index contributed by atoms with van der Waals surface area (Å²) >= 11 is 0. The van der Waals surface area contributed by atoms with E-state index in [2.05, 4.69) is 17.2 Å². The second kappa shape index (κ2) is 5.91. The summed E-state index contributed by atoms with van der Waals surface area (Å²) in [6.45, 7) is 2.07. The lowest BCUT2D eigenvalue weighted by Crippen LogP contribution is -2.21. The highest BCUT2D eigenvalue weighted by Crippen LogP contribution is 2.54. The molecular weight excluding hydrogens is 262 g/mol. The molecule has 0 saturated heterocycles. The Morgan fingerprint density at radius 3 is 2.81 bits per heavy atom. The average molecular weight is 283 g/mol. The summed E-state index contributed by atoms with van der Waals surface area (Å²) in [4.78, 5) is 12.3. The van der Waals surface area contributed by atoms with Gasteiger partial charge < -0.3 is 10.4 Å². The minimum atomic E-state index is 0.0759. The van der Waals surface area contributed by atoms with Crippen LogP contribution in [0.3, 0.4) is 0 Å². The molecule has 0 spiro atoms. The molecule has 2 aliphatic rings. The van der Waals surface area contributed by atoms with Gasteiger partial charge in [0.2, 0.25) is 5.91 Å². The fourth-order valence-corrected chi connectivity index (χ4v) is 3.22. The number of hydrogen-bond acceptors (Lipinski definition) is 2. The van der Waals surface area contributed by atoms with Crippen molar-refractivity contribution in [2.45, 2.75) is 32.6 Å². The van der Waals surface area contributed by atoms with E-state index in [0.717, 1.165) is 41.5 Å². The van der Waals surface area contributed by atoms with Crippen LogP contribution in [0.5, 0.6) is 0 Å². The smallest absolute Gasteiger partial charge is 0.227 e. The Morgan fingerprint density at radius 1 is 1.33 bits per heavy atom. The molecule has 2 atom stereocenters. The van der Waals surface area contributed by atoms with Gasteiger partial charge in [-0.05, 0) is 55.7 Å². The number of aryl methyl sites for hydroxylation is 1. The van der Waals surface area contributed by atoms with E-state index >= 15 is 0 Å². The Bertz CT molecular complexity index is 601. The van der Waals surface area contributed by atoms with Crippen LogP contribution in [-0.4, -0.2) is 17.6 Å². The van der Waals surface area contributed by atoms with Crippen LogP contribution in [0.1, 0.15) is 36.8 Å². The van der Waals surface area contributed by atoms with E-state index in [-0.39, 0.29) is 18.4 Å². The Balaban J connectivity index is 1.66. The van der Waals surface area contributed by atoms with E-state index in [1.54, 1.807) is 0 Å². The highest BCUT2D eigenvalue weighted by atomic mass is 16.2. The Labute approximate surface area is 125 Å². The molecule has 110 valence electrons. The molecular formula is C18H21NO2. The largest absolute Gasteiger partial charge is 0.395 e. The zero-order valence-corrected chi connectivity index (χ0v) is 12.4. The van der Waals surface area contributed by atoms with Gasteiger partial charge in [0.15, 0.2) is 0 Å². The van der Waals surface area contributed by atoms with Crippen LogP contribution < -0.4 is 5.32 Å². The minimum absolute atomic E-state index is 0.0759. The molecule has 3 rings (SSSR count). The van der Waals surface area contributed by atoms with Crippen LogP contribution >= 0.6 is 0 Å². The van der Waals surface area contributed by atoms with Crippen molar-refractivity contribution >= 4 is 11.6 Å². The normalized spacial score (nSPS) is 25.7. The van der Waals surface area contributed by atoms with Crippen LogP contribution in [0, 0.1) is 36.5 Å². The summed E-state index contributed by atoms with van der Waals surface area (Å²) in [5.74, 6) is 7.96. The lowest BCUT2D eigenvalue weighted by Gasteiger charge is -2.13. The number of nitrogens with one attached hydrogen (secondary N) is 1. The number of amides is 1. The van der Waals surface area contributed by atoms with Gasteiger partial charge in [-0.25, -0.2) is 0 Å². The maximum Gasteiger partial charge on any atom is 0.227 e. The van der Waals surface area contributed by atoms with E-state index < -0.39 is 0 Å². The molecule has 3 nitrogen and oxygen atoms in total. The third-order valence-corrected chi connectivity index (χ3v) is 4.58. The maximum absolute atomic E-state index is 12.3. The lowest BCUT2D eigenvalue weighted by atomic mass is 10.0. The highest BCUT2D eigenvalue weighted by molar-refractivity contribution is 5.93. The summed E-state index contributed by atoms with van der Waals surface area (Å²) in [6.07, 6.45) is 3.93. The van der Waals surface area contributed by atoms with Crippen molar-refractivity contribution in [2.24, 2.45) is 17.8 Å². The molecule has 3 heteroatoms. The van der Waals surface area contributed by atoms with E-state index in [9.17, 15) is 4.79 Å². The van der Waals surface area contributed by atoms with Gasteiger partial charge in [0.05, 0.1) is 6.61 Å². The summed E-state index contributed by atoms with van der Waals surface area (Å²) < 4.78 is 0. The first kappa shape index (κ1) is 14.2. The minimum Gasteiger partial charge on any atom is -0.395 e. The van der Waals surface area contributed by atoms with E-state index in [4.69, 9.17) is 5.11 Å². The van der Waals surface area contributed by atoms with E-state index in [1.807, 2.05) is 25.1 Å². The molecule has 0 aromatic heterocycles. The van der Waals surface area contributed by atoms with E-state index in [1.165, 1.54) is 6.42 Å². The Morgan fingerprint density at radius 2 is 2.10 bits per heavy atom. The first-order chi connectivity index (χ1) is 10.2. The van der Waals surface area contributed by atoms with Crippen molar-refractivity contribution in [3.63, 3.8) is 0 Å². The predicted molar refractivity (Wildman–Crippen MR) is 82.7 cm³/mol. The predicted octanol–water partition coefficient (Wildman–Crippen LogP) is 2.71. The number of aliphatic hydroxyl groups is 1. The van der Waals surface area contributed by atoms with Gasteiger partial charge >= 0.3 is 0 Å². The summed E-state index contributed by atoms with van der Waals surface area (Å²) in [7, 11) is 0. The molecule has 1 aromatic carbocycles. The van der Waals surface area contributed by atoms with Gasteiger partial charge in [-0.1, -0.05) is 17.9 Å². The molecule has 2 unspecified atom stereocenters. The highest BCUT2D eigenvalue weighted by Gasteiger charge is 2.47. The SMILES string of the molecule is Cc1ccc(NC(=O)C2CC3CC3C2)cc1C#CCCO. The molecule has 0 aliphatic heterocycles. The first-order valence-corrected chi connectivity index (χ1v) is 7.68. The Kier molecular flexibility index (Phi) is 3.98. The third kappa shape index (κ3) is 3.28. The fourth-order valence-electron chi connectivity index (χ4n) is 3.22. The molecule has 2 fully saturated rings. The molecule has 2 N–H and O–H groups in total. The maximum atomic E-state index is 12.3. The Hall–Kier alpha value is -1.79. The number of rotatable bonds is 3. The van der Waals surface area contributed by atoms with Crippen LogP contribution in [0.25, 0.3) is 0 Å². The topological polar surface area (TPSA) is 49.3 Å². The molecule has 2 saturated carbocycles. The molecule has 1 amide bonds. The number of carbonyl (C=O) groups excluding carboxylic acids is 1. The molecule has 21 heavy (non-hydrogen) atoms. The fraction of sp³-hybridized carbons (Fsp3) is 0.500. The van der Waals surface area contributed by atoms with Crippen molar-refractivity contribution in [2.75, 3.05) is 11.9 Å². The van der Waals surface area contributed by atoms with Crippen LogP contribution in [0.4, 0.5) is 5.69 Å². The summed E-state index contributed by atoms with van der Waals surface area (Å²) in [5.41, 5.74) is 2.82. The van der Waals surface area contributed by atoms with Crippen molar-refractivity contribution < 1.29 is 9.90 Å². The van der Waals surface area contributed by atoms with Gasteiger partial charge in [0.25, 0.3) is 0 Å². The molecule has 1 aromatic rings. The second-order valence-corrected chi connectivity index (χ2v) is 6.22. The van der Waals surface area contributed by atoms with E-state index in [0.29, 0.717) is 6.42 Å². The second-order valence-electron chi connectivity index (χ2n) is 6.22. The van der Waals surface area contributed by atoms with Crippen molar-refractivity contribution in [3.05, 3.63) is 29.3 Å². The van der Waals surface area contributed by atoms with Gasteiger partial charge in [0.1, 0.15) is 0 Å². The monoisotopic (exact) mass is 283 g/mol. The van der Waals surface area contributed by atoms with Crippen molar-refractivity contribution in [3.8, 4) is 11.8 Å². The van der Waals surface area contributed by atoms with Crippen LogP contribution in [-0.2, 0) is 4.79 Å². The number of aliphatic hydroxyl groups excluding tert-OH is 1. The van der Waals surface area contributed by atoms with Gasteiger partial charge in [-0.15, -0.1) is 0 Å². The number of carbonyl (C=O) groups is 1. The molecule has 0 bridgehead atoms. The number of benzene rings is 1.